The smallest absolute Gasteiger partial charge is 0.271 e. The van der Waals surface area contributed by atoms with Crippen LogP contribution < -0.4 is 5.32 Å². The third-order valence-electron chi connectivity index (χ3n) is 2.02. The van der Waals surface area contributed by atoms with Gasteiger partial charge < -0.3 is 0 Å². The van der Waals surface area contributed by atoms with E-state index in [1.54, 1.807) is 18.5 Å². The summed E-state index contributed by atoms with van der Waals surface area (Å²) in [4.78, 5) is 3.84. The number of thioether (sulfide) groups is 1. The Hall–Kier alpha value is -2.19. The van der Waals surface area contributed by atoms with Crippen LogP contribution in [0.3, 0.4) is 0 Å². The highest BCUT2D eigenvalue weighted by molar-refractivity contribution is 8.13. The van der Waals surface area contributed by atoms with Crippen molar-refractivity contribution in [3.63, 3.8) is 0 Å². The first-order valence-corrected chi connectivity index (χ1v) is 6.04. The lowest BCUT2D eigenvalue weighted by molar-refractivity contribution is -0.137. The molecule has 1 aromatic carbocycles. The van der Waals surface area contributed by atoms with Crippen LogP contribution in [0.5, 0.6) is 0 Å². The number of nitrogens with one attached hydrogen (secondary N) is 1. The fourth-order valence-electron chi connectivity index (χ4n) is 1.18. The molecule has 8 heteroatoms. The fraction of sp³-hybridized carbons (Fsp3) is 0.182. The molecule has 0 unspecified atom stereocenters. The molecule has 0 atom stereocenters. The second-order valence-electron chi connectivity index (χ2n) is 3.20. The largest absolute Gasteiger partial charge is 0.416 e. The Morgan fingerprint density at radius 1 is 1.37 bits per heavy atom. The minimum Gasteiger partial charge on any atom is -0.271 e. The van der Waals surface area contributed by atoms with Crippen LogP contribution in [0.2, 0.25) is 0 Å². The number of amidine groups is 1. The van der Waals surface area contributed by atoms with E-state index in [1.807, 2.05) is 0 Å². The third kappa shape index (κ3) is 3.90. The van der Waals surface area contributed by atoms with Crippen molar-refractivity contribution in [1.82, 2.24) is 5.32 Å². The molecule has 0 amide bonds. The molecule has 0 aromatic heterocycles. The lowest BCUT2D eigenvalue weighted by Crippen LogP contribution is -2.12. The molecule has 1 N–H and O–H groups in total. The number of hydrogen-bond acceptors (Lipinski definition) is 4. The van der Waals surface area contributed by atoms with Crippen LogP contribution in [0, 0.1) is 22.8 Å². The standard InChI is InChI=1S/C11H7F3N4S/c1-19-10(17-6-16)18-9-4-8(11(12,13)14)3-2-7(9)5-15/h2-4H,1H3,(H,17,18). The summed E-state index contributed by atoms with van der Waals surface area (Å²) >= 11 is 1.05. The Labute approximate surface area is 111 Å². The van der Waals surface area contributed by atoms with Crippen molar-refractivity contribution in [1.29, 1.82) is 10.5 Å². The van der Waals surface area contributed by atoms with Gasteiger partial charge in [0.1, 0.15) is 6.07 Å². The highest BCUT2D eigenvalue weighted by atomic mass is 32.2. The maximum atomic E-state index is 12.6. The number of aliphatic imine (C=N–C) groups is 1. The van der Waals surface area contributed by atoms with Crippen LogP contribution in [0.25, 0.3) is 0 Å². The quantitative estimate of drug-likeness (QED) is 0.372. The maximum Gasteiger partial charge on any atom is 0.416 e. The average Bonchev–Trinajstić information content (AvgIpc) is 2.37. The lowest BCUT2D eigenvalue weighted by Gasteiger charge is -2.08. The van der Waals surface area contributed by atoms with Gasteiger partial charge in [0.25, 0.3) is 0 Å². The summed E-state index contributed by atoms with van der Waals surface area (Å²) in [6.07, 6.45) is -1.30. The van der Waals surface area contributed by atoms with Crippen LogP contribution in [0.1, 0.15) is 11.1 Å². The van der Waals surface area contributed by atoms with Crippen molar-refractivity contribution in [2.75, 3.05) is 6.26 Å². The van der Waals surface area contributed by atoms with E-state index >= 15 is 0 Å². The molecule has 98 valence electrons. The molecule has 0 aliphatic carbocycles. The van der Waals surface area contributed by atoms with Gasteiger partial charge in [0.15, 0.2) is 11.4 Å². The van der Waals surface area contributed by atoms with E-state index in [0.29, 0.717) is 0 Å². The van der Waals surface area contributed by atoms with Gasteiger partial charge in [0.2, 0.25) is 0 Å². The monoisotopic (exact) mass is 284 g/mol. The van der Waals surface area contributed by atoms with Gasteiger partial charge in [-0.2, -0.15) is 23.7 Å². The number of hydrogen-bond donors (Lipinski definition) is 1. The fourth-order valence-corrected chi connectivity index (χ4v) is 1.51. The summed E-state index contributed by atoms with van der Waals surface area (Å²) in [5.41, 5.74) is -1.04. The summed E-state index contributed by atoms with van der Waals surface area (Å²) in [6, 6.07) is 4.38. The highest BCUT2D eigenvalue weighted by Crippen LogP contribution is 2.33. The van der Waals surface area contributed by atoms with Crippen molar-refractivity contribution in [2.24, 2.45) is 4.99 Å². The molecule has 0 aliphatic rings. The number of rotatable bonds is 1. The molecule has 0 heterocycles. The second kappa shape index (κ2) is 6.12. The molecule has 0 fully saturated rings. The zero-order chi connectivity index (χ0) is 14.5. The van der Waals surface area contributed by atoms with Gasteiger partial charge in [-0.3, -0.25) is 5.32 Å². The predicted octanol–water partition coefficient (Wildman–Crippen LogP) is 3.00. The van der Waals surface area contributed by atoms with Crippen molar-refractivity contribution in [3.05, 3.63) is 29.3 Å². The SMILES string of the molecule is CSC(=Nc1cc(C(F)(F)F)ccc1C#N)NC#N. The highest BCUT2D eigenvalue weighted by Gasteiger charge is 2.31. The van der Waals surface area contributed by atoms with Gasteiger partial charge in [-0.25, -0.2) is 4.99 Å². The molecule has 1 rings (SSSR count). The lowest BCUT2D eigenvalue weighted by atomic mass is 10.1. The second-order valence-corrected chi connectivity index (χ2v) is 3.99. The molecule has 19 heavy (non-hydrogen) atoms. The zero-order valence-electron chi connectivity index (χ0n) is 9.62. The Kier molecular flexibility index (Phi) is 4.79. The Bertz CT molecular complexity index is 581. The summed E-state index contributed by atoms with van der Waals surface area (Å²) in [5, 5.41) is 19.6. The topological polar surface area (TPSA) is 72.0 Å². The van der Waals surface area contributed by atoms with E-state index in [9.17, 15) is 13.2 Å². The van der Waals surface area contributed by atoms with E-state index in [-0.39, 0.29) is 16.4 Å². The van der Waals surface area contributed by atoms with Crippen molar-refractivity contribution in [3.8, 4) is 12.3 Å². The molecule has 4 nitrogen and oxygen atoms in total. The zero-order valence-corrected chi connectivity index (χ0v) is 10.4. The first-order valence-electron chi connectivity index (χ1n) is 4.81. The normalized spacial score (nSPS) is 11.6. The van der Waals surface area contributed by atoms with Gasteiger partial charge in [-0.1, -0.05) is 11.8 Å². The molecule has 0 spiro atoms. The minimum absolute atomic E-state index is 0.000658. The average molecular weight is 284 g/mol. The van der Waals surface area contributed by atoms with Gasteiger partial charge >= 0.3 is 6.18 Å². The Morgan fingerprint density at radius 2 is 2.05 bits per heavy atom. The van der Waals surface area contributed by atoms with E-state index < -0.39 is 11.7 Å². The maximum absolute atomic E-state index is 12.6. The molecule has 0 saturated heterocycles. The van der Waals surface area contributed by atoms with Crippen LogP contribution in [0.15, 0.2) is 23.2 Å². The van der Waals surface area contributed by atoms with E-state index in [2.05, 4.69) is 10.3 Å². The first kappa shape index (κ1) is 14.9. The van der Waals surface area contributed by atoms with Gasteiger partial charge in [-0.05, 0) is 24.5 Å². The van der Waals surface area contributed by atoms with Crippen molar-refractivity contribution < 1.29 is 13.2 Å². The molecule has 0 aliphatic heterocycles. The molecule has 0 bridgehead atoms. The first-order chi connectivity index (χ1) is 8.92. The predicted molar refractivity (Wildman–Crippen MR) is 65.5 cm³/mol. The third-order valence-corrected chi connectivity index (χ3v) is 2.60. The van der Waals surface area contributed by atoms with E-state index in [0.717, 1.165) is 30.0 Å². The summed E-state index contributed by atoms with van der Waals surface area (Å²) < 4.78 is 37.7. The summed E-state index contributed by atoms with van der Waals surface area (Å²) in [6.45, 7) is 0. The van der Waals surface area contributed by atoms with Gasteiger partial charge in [-0.15, -0.1) is 0 Å². The van der Waals surface area contributed by atoms with Crippen molar-refractivity contribution in [2.45, 2.75) is 6.18 Å². The number of nitrogens with zero attached hydrogens (tertiary/aromatic N) is 3. The van der Waals surface area contributed by atoms with Crippen LogP contribution >= 0.6 is 11.8 Å². The van der Waals surface area contributed by atoms with E-state index in [4.69, 9.17) is 10.5 Å². The van der Waals surface area contributed by atoms with E-state index in [1.165, 1.54) is 0 Å². The van der Waals surface area contributed by atoms with Crippen LogP contribution in [-0.4, -0.2) is 11.4 Å². The summed E-state index contributed by atoms with van der Waals surface area (Å²) in [7, 11) is 0. The molecular formula is C11H7F3N4S. The number of nitriles is 2. The number of halogens is 3. The van der Waals surface area contributed by atoms with Crippen LogP contribution in [0.4, 0.5) is 18.9 Å². The molecule has 0 radical (unpaired) electrons. The summed E-state index contributed by atoms with van der Waals surface area (Å²) in [5.74, 6) is 0. The molecular weight excluding hydrogens is 277 g/mol. The minimum atomic E-state index is -4.51. The van der Waals surface area contributed by atoms with Gasteiger partial charge in [0, 0.05) is 0 Å². The Morgan fingerprint density at radius 3 is 2.53 bits per heavy atom. The van der Waals surface area contributed by atoms with Crippen molar-refractivity contribution >= 4 is 22.6 Å². The van der Waals surface area contributed by atoms with Gasteiger partial charge in [0.05, 0.1) is 16.8 Å². The molecule has 0 saturated carbocycles. The number of benzene rings is 1. The van der Waals surface area contributed by atoms with Crippen LogP contribution in [-0.2, 0) is 6.18 Å². The Balaban J connectivity index is 3.33. The molecule has 1 aromatic rings. The number of alkyl halides is 3.